The van der Waals surface area contributed by atoms with Gasteiger partial charge in [-0.1, -0.05) is 30.7 Å². The predicted octanol–water partition coefficient (Wildman–Crippen LogP) is 4.80. The van der Waals surface area contributed by atoms with Gasteiger partial charge in [0.1, 0.15) is 0 Å². The van der Waals surface area contributed by atoms with Crippen molar-refractivity contribution in [1.82, 2.24) is 5.32 Å². The molecule has 0 bridgehead atoms. The van der Waals surface area contributed by atoms with Gasteiger partial charge in [-0.2, -0.15) is 0 Å². The van der Waals surface area contributed by atoms with Crippen molar-refractivity contribution >= 4 is 34.7 Å². The summed E-state index contributed by atoms with van der Waals surface area (Å²) in [5, 5.41) is 3.34. The summed E-state index contributed by atoms with van der Waals surface area (Å²) in [7, 11) is 0. The third-order valence-electron chi connectivity index (χ3n) is 2.49. The third-order valence-corrected chi connectivity index (χ3v) is 4.94. The fourth-order valence-electron chi connectivity index (χ4n) is 1.60. The van der Waals surface area contributed by atoms with Crippen molar-refractivity contribution in [2.75, 3.05) is 6.54 Å². The Hall–Kier alpha value is -0.480. The molecule has 0 radical (unpaired) electrons. The molecule has 18 heavy (non-hydrogen) atoms. The van der Waals surface area contributed by atoms with Gasteiger partial charge in [0.25, 0.3) is 0 Å². The summed E-state index contributed by atoms with van der Waals surface area (Å²) >= 11 is 9.44. The fourth-order valence-corrected chi connectivity index (χ4v) is 3.71. The van der Waals surface area contributed by atoms with Gasteiger partial charge in [0.15, 0.2) is 0 Å². The van der Waals surface area contributed by atoms with Crippen LogP contribution < -0.4 is 5.32 Å². The Morgan fingerprint density at radius 1 is 1.28 bits per heavy atom. The van der Waals surface area contributed by atoms with Gasteiger partial charge in [-0.05, 0) is 36.4 Å². The Bertz CT molecular complexity index is 496. The second-order valence-electron chi connectivity index (χ2n) is 3.92. The largest absolute Gasteiger partial charge is 0.313 e. The number of halogens is 1. The lowest BCUT2D eigenvalue weighted by Gasteiger charge is -2.05. The third kappa shape index (κ3) is 4.32. The quantitative estimate of drug-likeness (QED) is 0.768. The summed E-state index contributed by atoms with van der Waals surface area (Å²) in [6.07, 6.45) is 0. The standard InChI is InChI=1S/C14H16ClNS2/c1-2-16-9-11-4-3-5-12(8-11)17-10-13-6-7-14(15)18-13/h3-8,16H,2,9-10H2,1H3. The van der Waals surface area contributed by atoms with E-state index in [0.29, 0.717) is 0 Å². The molecule has 2 rings (SSSR count). The normalized spacial score (nSPS) is 10.8. The van der Waals surface area contributed by atoms with Gasteiger partial charge in [-0.15, -0.1) is 23.1 Å². The Morgan fingerprint density at radius 2 is 2.17 bits per heavy atom. The van der Waals surface area contributed by atoms with E-state index in [9.17, 15) is 0 Å². The average Bonchev–Trinajstić information content (AvgIpc) is 2.80. The minimum atomic E-state index is 0.867. The van der Waals surface area contributed by atoms with E-state index in [1.807, 2.05) is 17.8 Å². The lowest BCUT2D eigenvalue weighted by molar-refractivity contribution is 0.725. The Balaban J connectivity index is 1.92. The minimum Gasteiger partial charge on any atom is -0.313 e. The van der Waals surface area contributed by atoms with Crippen LogP contribution in [0, 0.1) is 0 Å². The van der Waals surface area contributed by atoms with Gasteiger partial charge in [0.05, 0.1) is 4.34 Å². The first-order valence-corrected chi connectivity index (χ1v) is 8.12. The molecule has 0 aliphatic heterocycles. The van der Waals surface area contributed by atoms with Crippen molar-refractivity contribution < 1.29 is 0 Å². The first-order chi connectivity index (χ1) is 8.78. The van der Waals surface area contributed by atoms with Crippen LogP contribution >= 0.6 is 34.7 Å². The highest BCUT2D eigenvalue weighted by atomic mass is 35.5. The van der Waals surface area contributed by atoms with Gasteiger partial charge in [0, 0.05) is 22.1 Å². The summed E-state index contributed by atoms with van der Waals surface area (Å²) in [6.45, 7) is 4.07. The topological polar surface area (TPSA) is 12.0 Å². The van der Waals surface area contributed by atoms with E-state index in [4.69, 9.17) is 11.6 Å². The molecule has 0 aliphatic rings. The van der Waals surface area contributed by atoms with Crippen LogP contribution in [0.2, 0.25) is 4.34 Å². The van der Waals surface area contributed by atoms with Gasteiger partial charge >= 0.3 is 0 Å². The summed E-state index contributed by atoms with van der Waals surface area (Å²) in [5.74, 6) is 0.988. The number of thioether (sulfide) groups is 1. The second kappa shape index (κ2) is 7.19. The van der Waals surface area contributed by atoms with Crippen molar-refractivity contribution in [1.29, 1.82) is 0 Å². The Morgan fingerprint density at radius 3 is 2.89 bits per heavy atom. The summed E-state index contributed by atoms with van der Waals surface area (Å²) in [5.41, 5.74) is 1.34. The molecule has 0 saturated heterocycles. The number of nitrogens with one attached hydrogen (secondary N) is 1. The highest BCUT2D eigenvalue weighted by Crippen LogP contribution is 2.29. The average molecular weight is 298 g/mol. The molecule has 1 aromatic carbocycles. The van der Waals surface area contributed by atoms with Crippen LogP contribution in [0.3, 0.4) is 0 Å². The molecule has 1 aromatic heterocycles. The smallest absolute Gasteiger partial charge is 0.0931 e. The van der Waals surface area contributed by atoms with Crippen molar-refractivity contribution in [3.63, 3.8) is 0 Å². The molecule has 0 aliphatic carbocycles. The maximum Gasteiger partial charge on any atom is 0.0931 e. The van der Waals surface area contributed by atoms with E-state index in [0.717, 1.165) is 23.2 Å². The monoisotopic (exact) mass is 297 g/mol. The zero-order chi connectivity index (χ0) is 12.8. The van der Waals surface area contributed by atoms with Crippen molar-refractivity contribution in [2.24, 2.45) is 0 Å². The first-order valence-electron chi connectivity index (χ1n) is 5.94. The Labute approximate surface area is 122 Å². The van der Waals surface area contributed by atoms with Crippen molar-refractivity contribution in [3.8, 4) is 0 Å². The number of benzene rings is 1. The molecule has 0 atom stereocenters. The van der Waals surface area contributed by atoms with Crippen LogP contribution in [0.15, 0.2) is 41.3 Å². The van der Waals surface area contributed by atoms with E-state index in [-0.39, 0.29) is 0 Å². The molecule has 0 spiro atoms. The van der Waals surface area contributed by atoms with Gasteiger partial charge in [0.2, 0.25) is 0 Å². The molecule has 1 N–H and O–H groups in total. The molecule has 4 heteroatoms. The van der Waals surface area contributed by atoms with Crippen LogP contribution in [-0.4, -0.2) is 6.54 Å². The van der Waals surface area contributed by atoms with Gasteiger partial charge < -0.3 is 5.32 Å². The van der Waals surface area contributed by atoms with E-state index < -0.39 is 0 Å². The van der Waals surface area contributed by atoms with Crippen LogP contribution in [0.5, 0.6) is 0 Å². The molecule has 96 valence electrons. The zero-order valence-electron chi connectivity index (χ0n) is 10.3. The van der Waals surface area contributed by atoms with Gasteiger partial charge in [-0.25, -0.2) is 0 Å². The molecule has 1 heterocycles. The minimum absolute atomic E-state index is 0.867. The number of rotatable bonds is 6. The van der Waals surface area contributed by atoms with Crippen LogP contribution in [0.1, 0.15) is 17.4 Å². The molecule has 2 aromatic rings. The van der Waals surface area contributed by atoms with E-state index in [1.54, 1.807) is 11.3 Å². The van der Waals surface area contributed by atoms with Crippen molar-refractivity contribution in [3.05, 3.63) is 51.2 Å². The molecular weight excluding hydrogens is 282 g/mol. The Kier molecular flexibility index (Phi) is 5.57. The fraction of sp³-hybridized carbons (Fsp3) is 0.286. The lowest BCUT2D eigenvalue weighted by atomic mass is 10.2. The predicted molar refractivity (Wildman–Crippen MR) is 82.7 cm³/mol. The molecule has 0 unspecified atom stereocenters. The second-order valence-corrected chi connectivity index (χ2v) is 6.77. The van der Waals surface area contributed by atoms with E-state index in [2.05, 4.69) is 42.6 Å². The summed E-state index contributed by atoms with van der Waals surface area (Å²) in [4.78, 5) is 2.64. The highest BCUT2D eigenvalue weighted by Gasteiger charge is 2.01. The van der Waals surface area contributed by atoms with Crippen LogP contribution in [0.4, 0.5) is 0 Å². The molecule has 0 amide bonds. The maximum atomic E-state index is 5.93. The maximum absolute atomic E-state index is 5.93. The van der Waals surface area contributed by atoms with Crippen LogP contribution in [0.25, 0.3) is 0 Å². The first kappa shape index (κ1) is 13.9. The number of thiophene rings is 1. The summed E-state index contributed by atoms with van der Waals surface area (Å²) < 4.78 is 0.867. The number of hydrogen-bond donors (Lipinski definition) is 1. The van der Waals surface area contributed by atoms with E-state index >= 15 is 0 Å². The van der Waals surface area contributed by atoms with Crippen LogP contribution in [-0.2, 0) is 12.3 Å². The molecule has 0 saturated carbocycles. The van der Waals surface area contributed by atoms with Crippen molar-refractivity contribution in [2.45, 2.75) is 24.1 Å². The van der Waals surface area contributed by atoms with E-state index in [1.165, 1.54) is 15.3 Å². The SMILES string of the molecule is CCNCc1cccc(SCc2ccc(Cl)s2)c1. The molecule has 1 nitrogen and oxygen atoms in total. The lowest BCUT2D eigenvalue weighted by Crippen LogP contribution is -2.11. The van der Waals surface area contributed by atoms with Gasteiger partial charge in [-0.3, -0.25) is 0 Å². The summed E-state index contributed by atoms with van der Waals surface area (Å²) in [6, 6.07) is 12.8. The molecular formula is C14H16ClNS2. The zero-order valence-corrected chi connectivity index (χ0v) is 12.7. The number of hydrogen-bond acceptors (Lipinski definition) is 3. The highest BCUT2D eigenvalue weighted by molar-refractivity contribution is 7.98. The molecule has 0 fully saturated rings.